The van der Waals surface area contributed by atoms with Crippen LogP contribution in [0.1, 0.15) is 16.7 Å². The van der Waals surface area contributed by atoms with Gasteiger partial charge in [-0.2, -0.15) is 0 Å². The third-order valence-corrected chi connectivity index (χ3v) is 6.38. The third-order valence-electron chi connectivity index (χ3n) is 4.67. The van der Waals surface area contributed by atoms with Crippen LogP contribution < -0.4 is 0 Å². The Balaban J connectivity index is 1.74. The molecule has 26 heavy (non-hydrogen) atoms. The fraction of sp³-hybridized carbons (Fsp3) is 0.0909. The summed E-state index contributed by atoms with van der Waals surface area (Å²) in [6, 6.07) is 24.7. The summed E-state index contributed by atoms with van der Waals surface area (Å²) in [5, 5.41) is 0.926. The lowest BCUT2D eigenvalue weighted by Crippen LogP contribution is -2.11. The number of fused-ring (bicyclic) bond motifs is 1. The van der Waals surface area contributed by atoms with Gasteiger partial charge in [-0.25, -0.2) is 12.4 Å². The summed E-state index contributed by atoms with van der Waals surface area (Å²) in [7, 11) is -3.58. The Hall–Kier alpha value is -2.85. The van der Waals surface area contributed by atoms with Gasteiger partial charge in [-0.3, -0.25) is 0 Å². The zero-order chi connectivity index (χ0) is 18.1. The molecule has 0 N–H and O–H groups in total. The van der Waals surface area contributed by atoms with Crippen LogP contribution >= 0.6 is 0 Å². The van der Waals surface area contributed by atoms with Crippen molar-refractivity contribution >= 4 is 20.9 Å². The van der Waals surface area contributed by atoms with Gasteiger partial charge < -0.3 is 0 Å². The van der Waals surface area contributed by atoms with E-state index in [0.29, 0.717) is 10.4 Å². The molecule has 0 unspecified atom stereocenters. The average Bonchev–Trinajstić information content (AvgIpc) is 3.08. The zero-order valence-electron chi connectivity index (χ0n) is 14.5. The van der Waals surface area contributed by atoms with Gasteiger partial charge in [0.2, 0.25) is 0 Å². The minimum atomic E-state index is -3.58. The summed E-state index contributed by atoms with van der Waals surface area (Å²) in [6.45, 7) is 2.11. The van der Waals surface area contributed by atoms with Gasteiger partial charge in [0.1, 0.15) is 0 Å². The maximum Gasteiger partial charge on any atom is 0.268 e. The molecule has 3 aromatic carbocycles. The van der Waals surface area contributed by atoms with E-state index in [1.165, 1.54) is 20.7 Å². The first-order valence-corrected chi connectivity index (χ1v) is 9.95. The molecule has 130 valence electrons. The summed E-state index contributed by atoms with van der Waals surface area (Å²) < 4.78 is 27.1. The first-order chi connectivity index (χ1) is 12.6. The Morgan fingerprint density at radius 1 is 0.846 bits per heavy atom. The molecule has 1 aromatic heterocycles. The van der Waals surface area contributed by atoms with E-state index in [-0.39, 0.29) is 0 Å². The van der Waals surface area contributed by atoms with E-state index in [1.54, 1.807) is 30.5 Å². The number of aryl methyl sites for hydroxylation is 1. The molecule has 0 aliphatic rings. The van der Waals surface area contributed by atoms with Gasteiger partial charge in [-0.05, 0) is 60.4 Å². The molecule has 0 saturated heterocycles. The van der Waals surface area contributed by atoms with E-state index in [0.717, 1.165) is 11.8 Å². The number of hydrogen-bond donors (Lipinski definition) is 0. The van der Waals surface area contributed by atoms with Crippen LogP contribution in [-0.2, 0) is 16.4 Å². The van der Waals surface area contributed by atoms with Crippen molar-refractivity contribution in [2.24, 2.45) is 0 Å². The maximum absolute atomic E-state index is 12.9. The quantitative estimate of drug-likeness (QED) is 0.525. The van der Waals surface area contributed by atoms with Crippen molar-refractivity contribution in [2.45, 2.75) is 18.2 Å². The second-order valence-electron chi connectivity index (χ2n) is 6.43. The largest absolute Gasteiger partial charge is 0.268 e. The molecule has 0 radical (unpaired) electrons. The second kappa shape index (κ2) is 6.46. The van der Waals surface area contributed by atoms with Crippen LogP contribution in [0.25, 0.3) is 10.9 Å². The Morgan fingerprint density at radius 2 is 1.58 bits per heavy atom. The predicted octanol–water partition coefficient (Wildman–Crippen LogP) is 4.78. The van der Waals surface area contributed by atoms with Gasteiger partial charge in [-0.15, -0.1) is 0 Å². The van der Waals surface area contributed by atoms with Gasteiger partial charge in [-0.1, -0.05) is 48.5 Å². The Labute approximate surface area is 153 Å². The van der Waals surface area contributed by atoms with Gasteiger partial charge in [0, 0.05) is 11.6 Å². The smallest absolute Gasteiger partial charge is 0.241 e. The molecule has 0 fully saturated rings. The molecule has 4 heteroatoms. The summed E-state index contributed by atoms with van der Waals surface area (Å²) in [5.41, 5.74) is 4.41. The highest BCUT2D eigenvalue weighted by Gasteiger charge is 2.18. The van der Waals surface area contributed by atoms with Crippen LogP contribution in [0.3, 0.4) is 0 Å². The fourth-order valence-corrected chi connectivity index (χ4v) is 4.59. The zero-order valence-corrected chi connectivity index (χ0v) is 15.3. The normalized spacial score (nSPS) is 11.7. The molecular weight excluding hydrogens is 342 g/mol. The van der Waals surface area contributed by atoms with Crippen LogP contribution in [0.15, 0.2) is 90.0 Å². The van der Waals surface area contributed by atoms with E-state index in [2.05, 4.69) is 25.1 Å². The Kier molecular flexibility index (Phi) is 4.13. The minimum Gasteiger partial charge on any atom is -0.241 e. The van der Waals surface area contributed by atoms with E-state index in [4.69, 9.17) is 0 Å². The van der Waals surface area contributed by atoms with Crippen LogP contribution in [0.2, 0.25) is 0 Å². The maximum atomic E-state index is 12.9. The SMILES string of the molecule is Cc1ccccc1Cc1ccc2c(ccn2S(=O)(=O)c2ccccc2)c1. The molecule has 0 amide bonds. The monoisotopic (exact) mass is 361 g/mol. The van der Waals surface area contributed by atoms with E-state index < -0.39 is 10.0 Å². The predicted molar refractivity (Wildman–Crippen MR) is 105 cm³/mol. The lowest BCUT2D eigenvalue weighted by Gasteiger charge is -2.09. The number of hydrogen-bond acceptors (Lipinski definition) is 2. The molecule has 1 heterocycles. The molecule has 0 aliphatic heterocycles. The number of nitrogens with zero attached hydrogens (tertiary/aromatic N) is 1. The lowest BCUT2D eigenvalue weighted by molar-refractivity contribution is 0.589. The van der Waals surface area contributed by atoms with Crippen molar-refractivity contribution in [3.63, 3.8) is 0 Å². The molecule has 4 aromatic rings. The van der Waals surface area contributed by atoms with Crippen LogP contribution in [0.5, 0.6) is 0 Å². The molecule has 0 atom stereocenters. The van der Waals surface area contributed by atoms with Crippen molar-refractivity contribution in [2.75, 3.05) is 0 Å². The highest BCUT2D eigenvalue weighted by molar-refractivity contribution is 7.90. The van der Waals surface area contributed by atoms with Gasteiger partial charge in [0.15, 0.2) is 0 Å². The first kappa shape index (κ1) is 16.6. The highest BCUT2D eigenvalue weighted by Crippen LogP contribution is 2.24. The second-order valence-corrected chi connectivity index (χ2v) is 8.24. The summed E-state index contributed by atoms with van der Waals surface area (Å²) in [6.07, 6.45) is 2.46. The molecular formula is C22H19NO2S. The standard InChI is InChI=1S/C22H19NO2S/c1-17-7-5-6-8-19(17)15-18-11-12-22-20(16-18)13-14-23(22)26(24,25)21-9-3-2-4-10-21/h2-14,16H,15H2,1H3. The molecule has 0 spiro atoms. The lowest BCUT2D eigenvalue weighted by atomic mass is 10.00. The molecule has 0 saturated carbocycles. The summed E-state index contributed by atoms with van der Waals surface area (Å²) in [5.74, 6) is 0. The molecule has 3 nitrogen and oxygen atoms in total. The van der Waals surface area contributed by atoms with Gasteiger partial charge in [0.25, 0.3) is 10.0 Å². The Morgan fingerprint density at radius 3 is 2.35 bits per heavy atom. The van der Waals surface area contributed by atoms with Gasteiger partial charge >= 0.3 is 0 Å². The first-order valence-electron chi connectivity index (χ1n) is 8.51. The van der Waals surface area contributed by atoms with Crippen molar-refractivity contribution < 1.29 is 8.42 Å². The van der Waals surface area contributed by atoms with Crippen molar-refractivity contribution in [3.8, 4) is 0 Å². The third kappa shape index (κ3) is 2.93. The van der Waals surface area contributed by atoms with E-state index in [9.17, 15) is 8.42 Å². The van der Waals surface area contributed by atoms with Crippen LogP contribution in [0, 0.1) is 6.92 Å². The van der Waals surface area contributed by atoms with Crippen LogP contribution in [-0.4, -0.2) is 12.4 Å². The van der Waals surface area contributed by atoms with Gasteiger partial charge in [0.05, 0.1) is 10.4 Å². The highest BCUT2D eigenvalue weighted by atomic mass is 32.2. The summed E-state index contributed by atoms with van der Waals surface area (Å²) >= 11 is 0. The average molecular weight is 361 g/mol. The minimum absolute atomic E-state index is 0.293. The van der Waals surface area contributed by atoms with Crippen molar-refractivity contribution in [1.82, 2.24) is 3.97 Å². The number of aromatic nitrogens is 1. The molecule has 4 rings (SSSR count). The summed E-state index contributed by atoms with van der Waals surface area (Å²) in [4.78, 5) is 0.293. The van der Waals surface area contributed by atoms with Crippen molar-refractivity contribution in [1.29, 1.82) is 0 Å². The van der Waals surface area contributed by atoms with E-state index in [1.807, 2.05) is 36.4 Å². The fourth-order valence-electron chi connectivity index (χ4n) is 3.22. The molecule has 0 bridgehead atoms. The Bertz CT molecular complexity index is 1180. The van der Waals surface area contributed by atoms with E-state index >= 15 is 0 Å². The number of benzene rings is 3. The topological polar surface area (TPSA) is 39.1 Å². The van der Waals surface area contributed by atoms with Crippen LogP contribution in [0.4, 0.5) is 0 Å². The van der Waals surface area contributed by atoms with Crippen molar-refractivity contribution in [3.05, 3.63) is 102 Å². The number of rotatable bonds is 4. The molecule has 0 aliphatic carbocycles.